The number of nitrogens with one attached hydrogen (secondary N) is 2. The first kappa shape index (κ1) is 14.9. The standard InChI is InChI=1S/C18H22N2O2/c1-13-11-19-10-9-16(13)20-18(21)12-22-17-8-4-6-14-5-2-3-7-15(14)17/h2-8,13,16,19H,9-12H2,1H3,(H,20,21). The molecule has 2 N–H and O–H groups in total. The molecule has 0 bridgehead atoms. The minimum Gasteiger partial charge on any atom is -0.483 e. The van der Waals surface area contributed by atoms with E-state index >= 15 is 0 Å². The van der Waals surface area contributed by atoms with E-state index in [1.807, 2.05) is 42.5 Å². The van der Waals surface area contributed by atoms with E-state index in [9.17, 15) is 4.79 Å². The number of rotatable bonds is 4. The average Bonchev–Trinajstić information content (AvgIpc) is 2.55. The molecule has 22 heavy (non-hydrogen) atoms. The predicted octanol–water partition coefficient (Wildman–Crippen LogP) is 2.33. The highest BCUT2D eigenvalue weighted by Gasteiger charge is 2.22. The molecule has 2 aromatic carbocycles. The third-order valence-electron chi connectivity index (χ3n) is 4.24. The normalized spacial score (nSPS) is 21.5. The van der Waals surface area contributed by atoms with E-state index in [1.54, 1.807) is 0 Å². The van der Waals surface area contributed by atoms with Gasteiger partial charge in [0.15, 0.2) is 6.61 Å². The smallest absolute Gasteiger partial charge is 0.258 e. The third-order valence-corrected chi connectivity index (χ3v) is 4.24. The quantitative estimate of drug-likeness (QED) is 0.911. The van der Waals surface area contributed by atoms with Gasteiger partial charge in [-0.15, -0.1) is 0 Å². The van der Waals surface area contributed by atoms with Crippen LogP contribution in [-0.2, 0) is 4.79 Å². The highest BCUT2D eigenvalue weighted by atomic mass is 16.5. The molecule has 1 saturated heterocycles. The first-order valence-electron chi connectivity index (χ1n) is 7.84. The Hall–Kier alpha value is -2.07. The molecule has 1 amide bonds. The fourth-order valence-corrected chi connectivity index (χ4v) is 2.94. The zero-order valence-electron chi connectivity index (χ0n) is 12.8. The number of ether oxygens (including phenoxy) is 1. The summed E-state index contributed by atoms with van der Waals surface area (Å²) >= 11 is 0. The van der Waals surface area contributed by atoms with Crippen LogP contribution in [0.3, 0.4) is 0 Å². The Labute approximate surface area is 130 Å². The van der Waals surface area contributed by atoms with Gasteiger partial charge in [0, 0.05) is 11.4 Å². The van der Waals surface area contributed by atoms with Crippen LogP contribution in [0.5, 0.6) is 5.75 Å². The van der Waals surface area contributed by atoms with Gasteiger partial charge in [-0.2, -0.15) is 0 Å². The number of carbonyl (C=O) groups is 1. The second-order valence-corrected chi connectivity index (χ2v) is 5.91. The van der Waals surface area contributed by atoms with Crippen LogP contribution in [-0.4, -0.2) is 31.6 Å². The maximum absolute atomic E-state index is 12.1. The van der Waals surface area contributed by atoms with Crippen molar-refractivity contribution in [2.75, 3.05) is 19.7 Å². The minimum absolute atomic E-state index is 0.0494. The number of hydrogen-bond acceptors (Lipinski definition) is 3. The fraction of sp³-hybridized carbons (Fsp3) is 0.389. The third kappa shape index (κ3) is 3.39. The molecule has 0 aliphatic carbocycles. The number of hydrogen-bond donors (Lipinski definition) is 2. The molecule has 1 heterocycles. The topological polar surface area (TPSA) is 50.4 Å². The summed E-state index contributed by atoms with van der Waals surface area (Å²) in [4.78, 5) is 12.1. The SMILES string of the molecule is CC1CNCCC1NC(=O)COc1cccc2ccccc12. The lowest BCUT2D eigenvalue weighted by atomic mass is 9.95. The Morgan fingerprint density at radius 3 is 2.95 bits per heavy atom. The van der Waals surface area contributed by atoms with Gasteiger partial charge in [-0.05, 0) is 36.9 Å². The van der Waals surface area contributed by atoms with Crippen molar-refractivity contribution in [3.05, 3.63) is 42.5 Å². The van der Waals surface area contributed by atoms with Crippen molar-refractivity contribution in [2.45, 2.75) is 19.4 Å². The fourth-order valence-electron chi connectivity index (χ4n) is 2.94. The summed E-state index contributed by atoms with van der Waals surface area (Å²) in [5.41, 5.74) is 0. The molecule has 1 fully saturated rings. The molecule has 0 radical (unpaired) electrons. The summed E-state index contributed by atoms with van der Waals surface area (Å²) in [6, 6.07) is 14.2. The maximum Gasteiger partial charge on any atom is 0.258 e. The van der Waals surface area contributed by atoms with Crippen molar-refractivity contribution in [1.82, 2.24) is 10.6 Å². The van der Waals surface area contributed by atoms with Crippen LogP contribution in [0.25, 0.3) is 10.8 Å². The first-order valence-corrected chi connectivity index (χ1v) is 7.84. The van der Waals surface area contributed by atoms with Crippen molar-refractivity contribution in [3.63, 3.8) is 0 Å². The van der Waals surface area contributed by atoms with Crippen LogP contribution >= 0.6 is 0 Å². The maximum atomic E-state index is 12.1. The zero-order valence-corrected chi connectivity index (χ0v) is 12.8. The molecule has 4 nitrogen and oxygen atoms in total. The minimum atomic E-state index is -0.0494. The Balaban J connectivity index is 1.60. The lowest BCUT2D eigenvalue weighted by Crippen LogP contribution is -2.49. The van der Waals surface area contributed by atoms with E-state index in [1.165, 1.54) is 0 Å². The van der Waals surface area contributed by atoms with E-state index < -0.39 is 0 Å². The highest BCUT2D eigenvalue weighted by Crippen LogP contribution is 2.25. The molecule has 0 spiro atoms. The second kappa shape index (κ2) is 6.79. The molecule has 2 aromatic rings. The predicted molar refractivity (Wildman–Crippen MR) is 88.0 cm³/mol. The number of piperidine rings is 1. The Morgan fingerprint density at radius 1 is 1.27 bits per heavy atom. The Morgan fingerprint density at radius 2 is 2.09 bits per heavy atom. The molecule has 1 aliphatic rings. The van der Waals surface area contributed by atoms with Gasteiger partial charge in [-0.3, -0.25) is 4.79 Å². The molecule has 116 valence electrons. The van der Waals surface area contributed by atoms with Gasteiger partial charge >= 0.3 is 0 Å². The first-order chi connectivity index (χ1) is 10.7. The Bertz CT molecular complexity index is 651. The van der Waals surface area contributed by atoms with E-state index in [4.69, 9.17) is 4.74 Å². The lowest BCUT2D eigenvalue weighted by molar-refractivity contribution is -0.124. The lowest BCUT2D eigenvalue weighted by Gasteiger charge is -2.30. The van der Waals surface area contributed by atoms with Crippen LogP contribution in [0.1, 0.15) is 13.3 Å². The number of amides is 1. The van der Waals surface area contributed by atoms with Crippen molar-refractivity contribution in [1.29, 1.82) is 0 Å². The van der Waals surface area contributed by atoms with Crippen LogP contribution in [0.2, 0.25) is 0 Å². The molecule has 4 heteroatoms. The summed E-state index contributed by atoms with van der Waals surface area (Å²) < 4.78 is 5.73. The number of fused-ring (bicyclic) bond motifs is 1. The molecule has 1 aliphatic heterocycles. The molecule has 0 saturated carbocycles. The van der Waals surface area contributed by atoms with Gasteiger partial charge in [-0.1, -0.05) is 43.3 Å². The van der Waals surface area contributed by atoms with Crippen molar-refractivity contribution in [3.8, 4) is 5.75 Å². The van der Waals surface area contributed by atoms with E-state index in [0.29, 0.717) is 5.92 Å². The summed E-state index contributed by atoms with van der Waals surface area (Å²) in [6.45, 7) is 4.13. The molecule has 0 aromatic heterocycles. The van der Waals surface area contributed by atoms with Crippen LogP contribution in [0.15, 0.2) is 42.5 Å². The summed E-state index contributed by atoms with van der Waals surface area (Å²) in [6.07, 6.45) is 0.973. The molecule has 2 unspecified atom stereocenters. The van der Waals surface area contributed by atoms with Gasteiger partial charge < -0.3 is 15.4 Å². The molecular weight excluding hydrogens is 276 g/mol. The molecule has 2 atom stereocenters. The monoisotopic (exact) mass is 298 g/mol. The Kier molecular flexibility index (Phi) is 4.59. The zero-order chi connectivity index (χ0) is 15.4. The van der Waals surface area contributed by atoms with Gasteiger partial charge in [0.1, 0.15) is 5.75 Å². The van der Waals surface area contributed by atoms with Crippen LogP contribution in [0.4, 0.5) is 0 Å². The van der Waals surface area contributed by atoms with E-state index in [-0.39, 0.29) is 18.6 Å². The average molecular weight is 298 g/mol. The summed E-state index contributed by atoms with van der Waals surface area (Å²) in [5.74, 6) is 1.16. The molecular formula is C18H22N2O2. The van der Waals surface area contributed by atoms with E-state index in [2.05, 4.69) is 17.6 Å². The van der Waals surface area contributed by atoms with Gasteiger partial charge in [0.25, 0.3) is 5.91 Å². The highest BCUT2D eigenvalue weighted by molar-refractivity contribution is 5.88. The number of carbonyl (C=O) groups excluding carboxylic acids is 1. The van der Waals surface area contributed by atoms with Crippen LogP contribution < -0.4 is 15.4 Å². The van der Waals surface area contributed by atoms with Crippen molar-refractivity contribution in [2.24, 2.45) is 5.92 Å². The van der Waals surface area contributed by atoms with Gasteiger partial charge in [0.05, 0.1) is 0 Å². The van der Waals surface area contributed by atoms with Crippen molar-refractivity contribution >= 4 is 16.7 Å². The summed E-state index contributed by atoms with van der Waals surface area (Å²) in [7, 11) is 0. The van der Waals surface area contributed by atoms with Crippen LogP contribution in [0, 0.1) is 5.92 Å². The largest absolute Gasteiger partial charge is 0.483 e. The van der Waals surface area contributed by atoms with Gasteiger partial charge in [0.2, 0.25) is 0 Å². The number of benzene rings is 2. The van der Waals surface area contributed by atoms with E-state index in [0.717, 1.165) is 36.0 Å². The second-order valence-electron chi connectivity index (χ2n) is 5.91. The van der Waals surface area contributed by atoms with Crippen molar-refractivity contribution < 1.29 is 9.53 Å². The van der Waals surface area contributed by atoms with Gasteiger partial charge in [-0.25, -0.2) is 0 Å². The molecule has 3 rings (SSSR count). The summed E-state index contributed by atoms with van der Waals surface area (Å²) in [5, 5.41) is 8.57.